The van der Waals surface area contributed by atoms with E-state index >= 15 is 0 Å². The molecule has 2 rings (SSSR count). The maximum atomic E-state index is 10.7. The maximum absolute atomic E-state index is 10.7. The second-order valence-corrected chi connectivity index (χ2v) is 4.56. The van der Waals surface area contributed by atoms with Crippen LogP contribution in [0.4, 0.5) is 0 Å². The van der Waals surface area contributed by atoms with E-state index in [0.717, 1.165) is 12.8 Å². The second kappa shape index (κ2) is 6.51. The van der Waals surface area contributed by atoms with Gasteiger partial charge in [-0.05, 0) is 12.8 Å². The lowest BCUT2D eigenvalue weighted by Crippen LogP contribution is -2.10. The number of unbranched alkanes of at least 4 members (excludes halogenated alkanes) is 1. The summed E-state index contributed by atoms with van der Waals surface area (Å²) in [7, 11) is 1.54. The van der Waals surface area contributed by atoms with Gasteiger partial charge in [0.15, 0.2) is 11.2 Å². The third-order valence-electron chi connectivity index (χ3n) is 2.95. The highest BCUT2D eigenvalue weighted by atomic mass is 35.5. The summed E-state index contributed by atoms with van der Waals surface area (Å²) < 4.78 is 7.09. The Morgan fingerprint density at radius 1 is 1.45 bits per heavy atom. The van der Waals surface area contributed by atoms with E-state index in [0.29, 0.717) is 35.8 Å². The fraction of sp³-hybridized carbons (Fsp3) is 0.500. The predicted octanol–water partition coefficient (Wildman–Crippen LogP) is 1.23. The van der Waals surface area contributed by atoms with Crippen LogP contribution in [-0.2, 0) is 17.2 Å². The number of primary amides is 1. The average molecular weight is 298 g/mol. The van der Waals surface area contributed by atoms with Crippen molar-refractivity contribution in [1.82, 2.24) is 19.5 Å². The summed E-state index contributed by atoms with van der Waals surface area (Å²) in [6.07, 6.45) is 3.32. The first kappa shape index (κ1) is 14.5. The van der Waals surface area contributed by atoms with Crippen LogP contribution in [-0.4, -0.2) is 32.5 Å². The maximum Gasteiger partial charge on any atom is 0.245 e. The normalized spacial score (nSPS) is 10.9. The lowest BCUT2D eigenvalue weighted by Gasteiger charge is -2.06. The first-order valence-corrected chi connectivity index (χ1v) is 6.79. The number of carbonyl (C=O) groups excluding carboxylic acids is 1. The average Bonchev–Trinajstić information content (AvgIpc) is 2.81. The van der Waals surface area contributed by atoms with Crippen molar-refractivity contribution in [2.24, 2.45) is 5.73 Å². The number of imidazole rings is 1. The van der Waals surface area contributed by atoms with Gasteiger partial charge in [-0.15, -0.1) is 11.6 Å². The highest BCUT2D eigenvalue weighted by molar-refractivity contribution is 6.16. The SMILES string of the molecule is COc1ncnc2c1nc(CCl)n2CCCCC(N)=O. The Balaban J connectivity index is 2.24. The second-order valence-electron chi connectivity index (χ2n) is 4.29. The van der Waals surface area contributed by atoms with Crippen molar-refractivity contribution in [3.63, 3.8) is 0 Å². The number of alkyl halides is 1. The number of amides is 1. The summed E-state index contributed by atoms with van der Waals surface area (Å²) in [5.41, 5.74) is 6.40. The van der Waals surface area contributed by atoms with E-state index in [1.165, 1.54) is 13.4 Å². The van der Waals surface area contributed by atoms with Gasteiger partial charge in [-0.1, -0.05) is 0 Å². The monoisotopic (exact) mass is 297 g/mol. The zero-order chi connectivity index (χ0) is 14.5. The quantitative estimate of drug-likeness (QED) is 0.612. The molecule has 0 aliphatic carbocycles. The van der Waals surface area contributed by atoms with Crippen LogP contribution in [0, 0.1) is 0 Å². The van der Waals surface area contributed by atoms with Gasteiger partial charge in [0.05, 0.1) is 13.0 Å². The molecule has 2 aromatic heterocycles. The van der Waals surface area contributed by atoms with Crippen LogP contribution in [0.25, 0.3) is 11.2 Å². The Labute approximate surface area is 121 Å². The van der Waals surface area contributed by atoms with Gasteiger partial charge in [-0.3, -0.25) is 4.79 Å². The Morgan fingerprint density at radius 3 is 2.90 bits per heavy atom. The molecule has 7 nitrogen and oxygen atoms in total. The van der Waals surface area contributed by atoms with E-state index in [1.54, 1.807) is 0 Å². The first-order valence-electron chi connectivity index (χ1n) is 6.25. The van der Waals surface area contributed by atoms with Gasteiger partial charge in [-0.25, -0.2) is 9.97 Å². The molecular weight excluding hydrogens is 282 g/mol. The molecule has 20 heavy (non-hydrogen) atoms. The van der Waals surface area contributed by atoms with Crippen molar-refractivity contribution < 1.29 is 9.53 Å². The first-order chi connectivity index (χ1) is 9.67. The van der Waals surface area contributed by atoms with Crippen molar-refractivity contribution in [2.45, 2.75) is 31.7 Å². The third kappa shape index (κ3) is 2.98. The number of hydrogen-bond donors (Lipinski definition) is 1. The molecule has 0 atom stereocenters. The van der Waals surface area contributed by atoms with Crippen molar-refractivity contribution in [1.29, 1.82) is 0 Å². The highest BCUT2D eigenvalue weighted by Gasteiger charge is 2.15. The van der Waals surface area contributed by atoms with Crippen LogP contribution in [0.15, 0.2) is 6.33 Å². The number of fused-ring (bicyclic) bond motifs is 1. The Morgan fingerprint density at radius 2 is 2.25 bits per heavy atom. The molecule has 8 heteroatoms. The topological polar surface area (TPSA) is 95.9 Å². The molecule has 1 amide bonds. The molecule has 2 aromatic rings. The molecule has 0 aromatic carbocycles. The van der Waals surface area contributed by atoms with Crippen molar-refractivity contribution >= 4 is 28.7 Å². The molecule has 0 unspecified atom stereocenters. The number of ether oxygens (including phenoxy) is 1. The van der Waals surface area contributed by atoms with Gasteiger partial charge in [0.2, 0.25) is 11.8 Å². The van der Waals surface area contributed by atoms with Crippen LogP contribution >= 0.6 is 11.6 Å². The minimum atomic E-state index is -0.290. The summed E-state index contributed by atoms with van der Waals surface area (Å²) in [5, 5.41) is 0. The van der Waals surface area contributed by atoms with Crippen molar-refractivity contribution in [2.75, 3.05) is 7.11 Å². The number of methoxy groups -OCH3 is 1. The minimum Gasteiger partial charge on any atom is -0.479 e. The molecule has 0 saturated heterocycles. The minimum absolute atomic E-state index is 0.273. The molecular formula is C12H16ClN5O2. The van der Waals surface area contributed by atoms with E-state index < -0.39 is 0 Å². The van der Waals surface area contributed by atoms with Crippen LogP contribution in [0.5, 0.6) is 5.88 Å². The van der Waals surface area contributed by atoms with Crippen molar-refractivity contribution in [3.05, 3.63) is 12.2 Å². The molecule has 0 spiro atoms. The van der Waals surface area contributed by atoms with Gasteiger partial charge < -0.3 is 15.0 Å². The fourth-order valence-electron chi connectivity index (χ4n) is 2.02. The van der Waals surface area contributed by atoms with E-state index in [1.807, 2.05) is 4.57 Å². The number of rotatable bonds is 7. The molecule has 108 valence electrons. The van der Waals surface area contributed by atoms with E-state index in [-0.39, 0.29) is 11.8 Å². The zero-order valence-electron chi connectivity index (χ0n) is 11.2. The van der Waals surface area contributed by atoms with E-state index in [9.17, 15) is 4.79 Å². The highest BCUT2D eigenvalue weighted by Crippen LogP contribution is 2.22. The third-order valence-corrected chi connectivity index (χ3v) is 3.18. The number of nitrogens with two attached hydrogens (primary N) is 1. The van der Waals surface area contributed by atoms with E-state index in [4.69, 9.17) is 22.1 Å². The molecule has 0 aliphatic heterocycles. The molecule has 0 aliphatic rings. The number of aromatic nitrogens is 4. The largest absolute Gasteiger partial charge is 0.479 e. The zero-order valence-corrected chi connectivity index (χ0v) is 11.9. The van der Waals surface area contributed by atoms with Gasteiger partial charge in [-0.2, -0.15) is 4.98 Å². The predicted molar refractivity (Wildman–Crippen MR) is 74.5 cm³/mol. The number of nitrogens with zero attached hydrogens (tertiary/aromatic N) is 4. The number of carbonyl (C=O) groups is 1. The van der Waals surface area contributed by atoms with Crippen LogP contribution in [0.3, 0.4) is 0 Å². The van der Waals surface area contributed by atoms with Gasteiger partial charge >= 0.3 is 0 Å². The summed E-state index contributed by atoms with van der Waals surface area (Å²) in [4.78, 5) is 23.4. The van der Waals surface area contributed by atoms with Gasteiger partial charge in [0, 0.05) is 13.0 Å². The van der Waals surface area contributed by atoms with Crippen LogP contribution in [0.2, 0.25) is 0 Å². The molecule has 2 heterocycles. The van der Waals surface area contributed by atoms with Crippen molar-refractivity contribution in [3.8, 4) is 5.88 Å². The van der Waals surface area contributed by atoms with Gasteiger partial charge in [0.1, 0.15) is 12.2 Å². The Hall–Kier alpha value is -1.89. The Kier molecular flexibility index (Phi) is 4.73. The lowest BCUT2D eigenvalue weighted by atomic mass is 10.2. The molecule has 0 saturated carbocycles. The Bertz CT molecular complexity index is 613. The summed E-state index contributed by atoms with van der Waals surface area (Å²) >= 11 is 5.92. The molecule has 0 bridgehead atoms. The lowest BCUT2D eigenvalue weighted by molar-refractivity contribution is -0.118. The molecule has 0 fully saturated rings. The number of halogens is 1. The smallest absolute Gasteiger partial charge is 0.245 e. The molecule has 2 N–H and O–H groups in total. The summed E-state index contributed by atoms with van der Waals surface area (Å²) in [5.74, 6) is 1.12. The summed E-state index contributed by atoms with van der Waals surface area (Å²) in [6.45, 7) is 0.673. The number of aryl methyl sites for hydroxylation is 1. The van der Waals surface area contributed by atoms with E-state index in [2.05, 4.69) is 15.0 Å². The fourth-order valence-corrected chi connectivity index (χ4v) is 2.22. The van der Waals surface area contributed by atoms with Gasteiger partial charge in [0.25, 0.3) is 0 Å². The van der Waals surface area contributed by atoms with Crippen LogP contribution < -0.4 is 10.5 Å². The standard InChI is InChI=1S/C12H16ClN5O2/c1-20-12-10-11(15-7-16-12)18(9(6-13)17-10)5-3-2-4-8(14)19/h7H,2-6H2,1H3,(H2,14,19). The van der Waals surface area contributed by atoms with Crippen LogP contribution in [0.1, 0.15) is 25.1 Å². The summed E-state index contributed by atoms with van der Waals surface area (Å²) in [6, 6.07) is 0. The number of hydrogen-bond acceptors (Lipinski definition) is 5. The molecule has 0 radical (unpaired) electrons.